The van der Waals surface area contributed by atoms with Gasteiger partial charge in [0.1, 0.15) is 0 Å². The number of nitrogens with zero attached hydrogens (tertiary/aromatic N) is 1. The number of fused-ring (bicyclic) bond motifs is 8. The van der Waals surface area contributed by atoms with Gasteiger partial charge >= 0.3 is 0 Å². The van der Waals surface area contributed by atoms with Crippen LogP contribution in [0.4, 0.5) is 0 Å². The number of ketones is 1. The fourth-order valence-electron chi connectivity index (χ4n) is 8.24. The van der Waals surface area contributed by atoms with Gasteiger partial charge in [0.25, 0.3) is 0 Å². The van der Waals surface area contributed by atoms with Crippen molar-refractivity contribution in [2.45, 2.75) is 82.8 Å². The van der Waals surface area contributed by atoms with E-state index in [-0.39, 0.29) is 18.2 Å². The number of carbonyl (C=O) groups excluding carboxylic acids is 1. The number of hydrogen-bond acceptors (Lipinski definition) is 6. The second kappa shape index (κ2) is 15.1. The van der Waals surface area contributed by atoms with Crippen molar-refractivity contribution in [3.05, 3.63) is 129 Å². The van der Waals surface area contributed by atoms with Crippen molar-refractivity contribution in [3.8, 4) is 11.1 Å². The summed E-state index contributed by atoms with van der Waals surface area (Å²) in [5.74, 6) is -0.296. The molecule has 1 aromatic heterocycles. The molecule has 1 saturated carbocycles. The Kier molecular flexibility index (Phi) is 11.0. The van der Waals surface area contributed by atoms with E-state index in [1.807, 2.05) is 90.3 Å². The van der Waals surface area contributed by atoms with Gasteiger partial charge < -0.3 is 10.2 Å². The van der Waals surface area contributed by atoms with Crippen LogP contribution in [0.1, 0.15) is 90.2 Å². The molecule has 0 saturated heterocycles. The SMILES string of the molecule is CC1=CCCC2(C)C(CCC2(O)CN(CCc2cccs2)S(C)(=O)=O)c2ccc(cc2C(=O)c2ccccc2-c2ccccc2)CC(O)CC1. The molecule has 8 heteroatoms. The van der Waals surface area contributed by atoms with Crippen molar-refractivity contribution < 1.29 is 23.4 Å². The van der Waals surface area contributed by atoms with Crippen LogP contribution in [0.3, 0.4) is 0 Å². The molecule has 3 aromatic carbocycles. The lowest BCUT2D eigenvalue weighted by Gasteiger charge is -2.45. The first-order valence-corrected chi connectivity index (χ1v) is 20.5. The molecule has 1 heterocycles. The van der Waals surface area contributed by atoms with Gasteiger partial charge in [-0.25, -0.2) is 8.42 Å². The molecule has 4 unspecified atom stereocenters. The Morgan fingerprint density at radius 1 is 0.960 bits per heavy atom. The number of rotatable bonds is 9. The maximum Gasteiger partial charge on any atom is 0.211 e. The largest absolute Gasteiger partial charge is 0.393 e. The quantitative estimate of drug-likeness (QED) is 0.135. The van der Waals surface area contributed by atoms with Gasteiger partial charge in [-0.2, -0.15) is 4.31 Å². The molecule has 4 atom stereocenters. The monoisotopic (exact) mass is 711 g/mol. The Balaban J connectivity index is 1.45. The summed E-state index contributed by atoms with van der Waals surface area (Å²) in [5, 5.41) is 25.8. The molecule has 3 aliphatic carbocycles. The number of benzene rings is 3. The summed E-state index contributed by atoms with van der Waals surface area (Å²) in [4.78, 5) is 16.0. The molecule has 6 nitrogen and oxygen atoms in total. The Bertz CT molecular complexity index is 1940. The minimum Gasteiger partial charge on any atom is -0.393 e. The van der Waals surface area contributed by atoms with Gasteiger partial charge in [0.15, 0.2) is 5.78 Å². The van der Waals surface area contributed by atoms with Crippen LogP contribution < -0.4 is 0 Å². The van der Waals surface area contributed by atoms with Crippen LogP contribution in [0.5, 0.6) is 0 Å². The van der Waals surface area contributed by atoms with E-state index in [0.717, 1.165) is 33.6 Å². The maximum absolute atomic E-state index is 14.9. The number of aliphatic hydroxyl groups is 2. The molecule has 2 N–H and O–H groups in total. The average molecular weight is 712 g/mol. The summed E-state index contributed by atoms with van der Waals surface area (Å²) in [6, 6.07) is 27.6. The molecule has 4 aromatic rings. The molecule has 3 aliphatic rings. The van der Waals surface area contributed by atoms with Crippen molar-refractivity contribution in [2.24, 2.45) is 5.41 Å². The molecule has 0 radical (unpaired) electrons. The van der Waals surface area contributed by atoms with Gasteiger partial charge in [-0.15, -0.1) is 11.3 Å². The van der Waals surface area contributed by atoms with Crippen molar-refractivity contribution in [1.29, 1.82) is 0 Å². The third kappa shape index (κ3) is 7.75. The summed E-state index contributed by atoms with van der Waals surface area (Å²) in [6.45, 7) is 4.48. The third-order valence-corrected chi connectivity index (χ3v) is 13.5. The predicted molar refractivity (Wildman–Crippen MR) is 203 cm³/mol. The van der Waals surface area contributed by atoms with Crippen molar-refractivity contribution in [1.82, 2.24) is 4.31 Å². The van der Waals surface area contributed by atoms with Crippen LogP contribution >= 0.6 is 11.3 Å². The highest BCUT2D eigenvalue weighted by Crippen LogP contribution is 2.59. The number of hydrogen-bond donors (Lipinski definition) is 2. The molecule has 0 spiro atoms. The molecule has 264 valence electrons. The molecule has 7 rings (SSSR count). The highest BCUT2D eigenvalue weighted by atomic mass is 32.2. The third-order valence-electron chi connectivity index (χ3n) is 11.3. The number of allylic oxidation sites excluding steroid dienone is 2. The number of thiophene rings is 1. The average Bonchev–Trinajstić information content (AvgIpc) is 3.71. The predicted octanol–water partition coefficient (Wildman–Crippen LogP) is 8.19. The Morgan fingerprint density at radius 2 is 1.72 bits per heavy atom. The number of aliphatic hydroxyl groups excluding tert-OH is 1. The van der Waals surface area contributed by atoms with Crippen LogP contribution in [0.15, 0.2) is 102 Å². The second-order valence-electron chi connectivity index (χ2n) is 14.6. The van der Waals surface area contributed by atoms with Gasteiger partial charge in [0.2, 0.25) is 10.0 Å². The van der Waals surface area contributed by atoms with E-state index in [2.05, 4.69) is 19.9 Å². The normalized spacial score (nSPS) is 24.5. The lowest BCUT2D eigenvalue weighted by molar-refractivity contribution is -0.0722. The summed E-state index contributed by atoms with van der Waals surface area (Å²) in [7, 11) is -3.62. The van der Waals surface area contributed by atoms with Gasteiger partial charge in [-0.3, -0.25) is 4.79 Å². The standard InChI is InChI=1S/C42H49NO5S2/c1-30-11-9-23-41(2)39(21-24-42(41,46)29-43(50(3,47)48)25-22-34-14-10-26-49-34)36-20-18-31(27-33(44)19-17-30)28-38(36)40(45)37-16-8-7-15-35(37)32-12-5-4-6-13-32/h4-8,10-16,18,20,26,28,33,39,44,46H,9,17,19,21-25,27,29H2,1-3H3. The molecular formula is C42H49NO5S2. The van der Waals surface area contributed by atoms with E-state index in [4.69, 9.17) is 0 Å². The van der Waals surface area contributed by atoms with E-state index in [9.17, 15) is 23.4 Å². The van der Waals surface area contributed by atoms with E-state index in [1.54, 1.807) is 11.3 Å². The van der Waals surface area contributed by atoms with Gasteiger partial charge in [-0.1, -0.05) is 91.4 Å². The van der Waals surface area contributed by atoms with Crippen molar-refractivity contribution >= 4 is 27.1 Å². The minimum atomic E-state index is -3.62. The first-order valence-electron chi connectivity index (χ1n) is 17.7. The molecule has 50 heavy (non-hydrogen) atoms. The fourth-order valence-corrected chi connectivity index (χ4v) is 9.81. The maximum atomic E-state index is 14.9. The summed E-state index contributed by atoms with van der Waals surface area (Å²) < 4.78 is 27.9. The van der Waals surface area contributed by atoms with Crippen LogP contribution in [-0.2, 0) is 22.9 Å². The lowest BCUT2D eigenvalue weighted by Crippen LogP contribution is -2.54. The number of carbonyl (C=O) groups is 1. The molecular weight excluding hydrogens is 663 g/mol. The summed E-state index contributed by atoms with van der Waals surface area (Å²) in [6.07, 6.45) is 7.62. The Morgan fingerprint density at radius 3 is 2.46 bits per heavy atom. The zero-order valence-electron chi connectivity index (χ0n) is 29.3. The smallest absolute Gasteiger partial charge is 0.211 e. The van der Waals surface area contributed by atoms with Crippen molar-refractivity contribution in [2.75, 3.05) is 19.3 Å². The first kappa shape index (κ1) is 36.4. The molecule has 1 fully saturated rings. The van der Waals surface area contributed by atoms with Crippen LogP contribution in [0.2, 0.25) is 0 Å². The molecule has 0 amide bonds. The summed E-state index contributed by atoms with van der Waals surface area (Å²) in [5.41, 5.74) is 3.88. The van der Waals surface area contributed by atoms with E-state index in [0.29, 0.717) is 62.6 Å². The highest BCUT2D eigenvalue weighted by Gasteiger charge is 2.57. The van der Waals surface area contributed by atoms with Crippen LogP contribution in [-0.4, -0.2) is 59.8 Å². The minimum absolute atomic E-state index is 0.00268. The molecule has 2 bridgehead atoms. The lowest BCUT2D eigenvalue weighted by atomic mass is 9.64. The van der Waals surface area contributed by atoms with Crippen LogP contribution in [0.25, 0.3) is 11.1 Å². The van der Waals surface area contributed by atoms with Gasteiger partial charge in [0, 0.05) is 34.5 Å². The fraction of sp³-hybridized carbons (Fsp3) is 0.405. The van der Waals surface area contributed by atoms with Crippen molar-refractivity contribution in [3.63, 3.8) is 0 Å². The van der Waals surface area contributed by atoms with Crippen LogP contribution in [0, 0.1) is 5.41 Å². The second-order valence-corrected chi connectivity index (χ2v) is 17.6. The topological polar surface area (TPSA) is 94.9 Å². The zero-order chi connectivity index (χ0) is 35.5. The Hall–Kier alpha value is -3.40. The van der Waals surface area contributed by atoms with E-state index >= 15 is 0 Å². The Labute approximate surface area is 301 Å². The zero-order valence-corrected chi connectivity index (χ0v) is 31.0. The first-order chi connectivity index (χ1) is 23.9. The van der Waals surface area contributed by atoms with E-state index in [1.165, 1.54) is 16.1 Å². The number of sulfonamides is 1. The van der Waals surface area contributed by atoms with Gasteiger partial charge in [0.05, 0.1) is 18.0 Å². The summed E-state index contributed by atoms with van der Waals surface area (Å²) >= 11 is 1.60. The molecule has 0 aliphatic heterocycles. The van der Waals surface area contributed by atoms with Gasteiger partial charge in [-0.05, 0) is 104 Å². The highest BCUT2D eigenvalue weighted by molar-refractivity contribution is 7.88. The van der Waals surface area contributed by atoms with E-state index < -0.39 is 27.1 Å².